The van der Waals surface area contributed by atoms with E-state index in [0.29, 0.717) is 18.0 Å². The van der Waals surface area contributed by atoms with E-state index in [9.17, 15) is 4.79 Å². The normalized spacial score (nSPS) is 19.0. The van der Waals surface area contributed by atoms with E-state index in [-0.39, 0.29) is 0 Å². The number of methoxy groups -OCH3 is 1. The van der Waals surface area contributed by atoms with Crippen LogP contribution in [0.15, 0.2) is 31.8 Å². The molecule has 0 aromatic heterocycles. The zero-order valence-electron chi connectivity index (χ0n) is 7.45. The molecule has 4 nitrogen and oxygen atoms in total. The van der Waals surface area contributed by atoms with Crippen molar-refractivity contribution >= 4 is 33.9 Å². The fourth-order valence-electron chi connectivity index (χ4n) is 1.26. The number of amidine groups is 1. The molecule has 0 fully saturated rings. The number of halogens is 1. The summed E-state index contributed by atoms with van der Waals surface area (Å²) in [7, 11) is 1.34. The molecule has 0 radical (unpaired) electrons. The van der Waals surface area contributed by atoms with Gasteiger partial charge < -0.3 is 4.74 Å². The first kappa shape index (κ1) is 9.33. The largest absolute Gasteiger partial charge is 0.464 e. The van der Waals surface area contributed by atoms with Crippen LogP contribution in [0, 0.1) is 0 Å². The lowest BCUT2D eigenvalue weighted by molar-refractivity contribution is -0.136. The van der Waals surface area contributed by atoms with Gasteiger partial charge in [0.25, 0.3) is 0 Å². The smallest absolute Gasteiger partial charge is 0.356 e. The van der Waals surface area contributed by atoms with Gasteiger partial charge in [0.15, 0.2) is 5.84 Å². The minimum Gasteiger partial charge on any atom is -0.464 e. The van der Waals surface area contributed by atoms with Crippen LogP contribution in [0.1, 0.15) is 6.42 Å². The van der Waals surface area contributed by atoms with Gasteiger partial charge in [-0.25, -0.2) is 14.8 Å². The van der Waals surface area contributed by atoms with Gasteiger partial charge in [-0.3, -0.25) is 0 Å². The number of nitrogens with zero attached hydrogens (tertiary/aromatic N) is 2. The van der Waals surface area contributed by atoms with Gasteiger partial charge >= 0.3 is 5.97 Å². The zero-order chi connectivity index (χ0) is 10.1. The van der Waals surface area contributed by atoms with Crippen molar-refractivity contribution in [1.82, 2.24) is 0 Å². The molecule has 0 saturated carbocycles. The average molecular weight is 255 g/mol. The van der Waals surface area contributed by atoms with Gasteiger partial charge in [-0.05, 0) is 28.4 Å². The van der Waals surface area contributed by atoms with Crippen LogP contribution >= 0.6 is 15.9 Å². The Kier molecular flexibility index (Phi) is 2.33. The summed E-state index contributed by atoms with van der Waals surface area (Å²) in [6, 6.07) is 0. The van der Waals surface area contributed by atoms with Crippen molar-refractivity contribution < 1.29 is 9.53 Å². The summed E-state index contributed by atoms with van der Waals surface area (Å²) in [5.74, 6) is 0.176. The van der Waals surface area contributed by atoms with Crippen LogP contribution in [0.5, 0.6) is 0 Å². The number of allylic oxidation sites excluding steroid dienone is 2. The Balaban J connectivity index is 2.32. The molecule has 2 rings (SSSR count). The molecule has 0 amide bonds. The van der Waals surface area contributed by atoms with Crippen LogP contribution in [0.3, 0.4) is 0 Å². The van der Waals surface area contributed by atoms with Gasteiger partial charge in [0.1, 0.15) is 5.70 Å². The second kappa shape index (κ2) is 3.49. The van der Waals surface area contributed by atoms with Gasteiger partial charge in [0.2, 0.25) is 0 Å². The van der Waals surface area contributed by atoms with Crippen LogP contribution in [-0.4, -0.2) is 25.1 Å². The Morgan fingerprint density at radius 3 is 3.14 bits per heavy atom. The zero-order valence-corrected chi connectivity index (χ0v) is 9.04. The van der Waals surface area contributed by atoms with E-state index in [1.807, 2.05) is 0 Å². The predicted octanol–water partition coefficient (Wildman–Crippen LogP) is 1.58. The van der Waals surface area contributed by atoms with Gasteiger partial charge in [-0.2, -0.15) is 0 Å². The first-order valence-corrected chi connectivity index (χ1v) is 4.82. The Morgan fingerprint density at radius 1 is 1.64 bits per heavy atom. The highest BCUT2D eigenvalue weighted by Gasteiger charge is 2.22. The molecule has 0 unspecified atom stereocenters. The van der Waals surface area contributed by atoms with Crippen LogP contribution in [0.4, 0.5) is 0 Å². The van der Waals surface area contributed by atoms with E-state index in [1.165, 1.54) is 7.11 Å². The minimum absolute atomic E-state index is 0.325. The molecule has 72 valence electrons. The van der Waals surface area contributed by atoms with Crippen molar-refractivity contribution in [2.45, 2.75) is 6.42 Å². The van der Waals surface area contributed by atoms with Gasteiger partial charge in [-0.1, -0.05) is 0 Å². The second-order valence-corrected chi connectivity index (χ2v) is 3.66. The third-order valence-electron chi connectivity index (χ3n) is 1.98. The Morgan fingerprint density at radius 2 is 2.43 bits per heavy atom. The third-order valence-corrected chi connectivity index (χ3v) is 2.66. The molecule has 0 aromatic rings. The molecule has 0 spiro atoms. The monoisotopic (exact) mass is 254 g/mol. The van der Waals surface area contributed by atoms with Crippen molar-refractivity contribution in [2.75, 3.05) is 7.11 Å². The highest BCUT2D eigenvalue weighted by molar-refractivity contribution is 9.12. The summed E-state index contributed by atoms with van der Waals surface area (Å²) in [5, 5.41) is 0. The molecule has 0 aliphatic carbocycles. The van der Waals surface area contributed by atoms with E-state index in [4.69, 9.17) is 0 Å². The van der Waals surface area contributed by atoms with Crippen LogP contribution in [0.25, 0.3) is 0 Å². The second-order valence-electron chi connectivity index (χ2n) is 2.81. The molecule has 5 heteroatoms. The lowest BCUT2D eigenvalue weighted by atomic mass is 10.1. The summed E-state index contributed by atoms with van der Waals surface area (Å²) in [6.07, 6.45) is 4.08. The molecule has 2 heterocycles. The first-order valence-electron chi connectivity index (χ1n) is 4.02. The molecule has 0 N–H and O–H groups in total. The Bertz CT molecular complexity index is 419. The maximum atomic E-state index is 11.2. The number of fused-ring (bicyclic) bond motifs is 1. The molecule has 0 atom stereocenters. The van der Waals surface area contributed by atoms with E-state index in [0.717, 1.165) is 10.1 Å². The lowest BCUT2D eigenvalue weighted by Gasteiger charge is -2.08. The van der Waals surface area contributed by atoms with Gasteiger partial charge in [0, 0.05) is 16.3 Å². The molecule has 0 bridgehead atoms. The number of ether oxygens (including phenoxy) is 1. The minimum atomic E-state index is -0.422. The predicted molar refractivity (Wildman–Crippen MR) is 56.6 cm³/mol. The number of esters is 1. The quantitative estimate of drug-likeness (QED) is 0.668. The van der Waals surface area contributed by atoms with E-state index in [2.05, 4.69) is 30.7 Å². The molecule has 0 saturated heterocycles. The average Bonchev–Trinajstić information content (AvgIpc) is 2.59. The highest BCUT2D eigenvalue weighted by Crippen LogP contribution is 2.26. The van der Waals surface area contributed by atoms with Gasteiger partial charge in [0.05, 0.1) is 7.11 Å². The Hall–Kier alpha value is -1.23. The number of hydrogen-bond donors (Lipinski definition) is 0. The summed E-state index contributed by atoms with van der Waals surface area (Å²) < 4.78 is 5.50. The van der Waals surface area contributed by atoms with E-state index >= 15 is 0 Å². The summed E-state index contributed by atoms with van der Waals surface area (Å²) >= 11 is 3.36. The molecular formula is C9H7BrN2O2. The number of aliphatic imine (C=N–C) groups is 2. The standard InChI is InChI=1S/C9H7BrN2O2/c1-14-9(13)7-3-2-5-6(10)4-11-8(5)12-7/h3-4H,2H2,1H3. The maximum absolute atomic E-state index is 11.2. The number of rotatable bonds is 1. The van der Waals surface area contributed by atoms with Crippen LogP contribution < -0.4 is 0 Å². The lowest BCUT2D eigenvalue weighted by Crippen LogP contribution is -2.10. The number of hydrogen-bond acceptors (Lipinski definition) is 4. The van der Waals surface area contributed by atoms with Crippen molar-refractivity contribution in [2.24, 2.45) is 9.98 Å². The van der Waals surface area contributed by atoms with Crippen molar-refractivity contribution in [1.29, 1.82) is 0 Å². The number of carbonyl (C=O) groups is 1. The summed E-state index contributed by atoms with van der Waals surface area (Å²) in [4.78, 5) is 19.3. The Labute approximate surface area is 89.2 Å². The fraction of sp³-hybridized carbons (Fsp3) is 0.222. The first-order chi connectivity index (χ1) is 6.72. The van der Waals surface area contributed by atoms with E-state index in [1.54, 1.807) is 12.3 Å². The van der Waals surface area contributed by atoms with Crippen LogP contribution in [0.2, 0.25) is 0 Å². The van der Waals surface area contributed by atoms with Crippen LogP contribution in [-0.2, 0) is 9.53 Å². The topological polar surface area (TPSA) is 51.0 Å². The van der Waals surface area contributed by atoms with Crippen molar-refractivity contribution in [3.63, 3.8) is 0 Å². The molecule has 14 heavy (non-hydrogen) atoms. The highest BCUT2D eigenvalue weighted by atomic mass is 79.9. The third kappa shape index (κ3) is 1.43. The van der Waals surface area contributed by atoms with Crippen molar-refractivity contribution in [3.8, 4) is 0 Å². The SMILES string of the molecule is COC(=O)C1=CCC2=C(Br)C=NC2=N1. The van der Waals surface area contributed by atoms with Gasteiger partial charge in [-0.15, -0.1) is 0 Å². The molecule has 2 aliphatic rings. The summed E-state index contributed by atoms with van der Waals surface area (Å²) in [5.41, 5.74) is 1.34. The van der Waals surface area contributed by atoms with E-state index < -0.39 is 5.97 Å². The maximum Gasteiger partial charge on any atom is 0.356 e. The fourth-order valence-corrected chi connectivity index (χ4v) is 1.70. The number of carbonyl (C=O) groups excluding carboxylic acids is 1. The molecule has 0 aromatic carbocycles. The van der Waals surface area contributed by atoms with Crippen molar-refractivity contribution in [3.05, 3.63) is 21.8 Å². The molecular weight excluding hydrogens is 248 g/mol. The summed E-state index contributed by atoms with van der Waals surface area (Å²) in [6.45, 7) is 0. The molecule has 2 aliphatic heterocycles.